The Morgan fingerprint density at radius 1 is 1.47 bits per heavy atom. The lowest BCUT2D eigenvalue weighted by atomic mass is 9.99. The van der Waals surface area contributed by atoms with E-state index in [1.807, 2.05) is 6.07 Å². The van der Waals surface area contributed by atoms with Gasteiger partial charge in [-0.05, 0) is 72.5 Å². The normalized spacial score (nSPS) is 19.7. The molecule has 1 heterocycles. The molecule has 0 amide bonds. The van der Waals surface area contributed by atoms with Gasteiger partial charge in [0.15, 0.2) is 0 Å². The van der Waals surface area contributed by atoms with E-state index < -0.39 is 0 Å². The number of piperidine rings is 1. The van der Waals surface area contributed by atoms with Crippen LogP contribution in [0.5, 0.6) is 5.75 Å². The first-order valence-corrected chi connectivity index (χ1v) is 7.70. The van der Waals surface area contributed by atoms with Gasteiger partial charge in [-0.25, -0.2) is 0 Å². The number of hydrogen-bond donors (Lipinski definition) is 1. The monoisotopic (exact) mass is 326 g/mol. The molecule has 1 N–H and O–H groups in total. The maximum atomic E-state index is 5.26. The molecule has 1 unspecified atom stereocenters. The summed E-state index contributed by atoms with van der Waals surface area (Å²) in [4.78, 5) is 2.41. The topological polar surface area (TPSA) is 24.5 Å². The third-order valence-electron chi connectivity index (χ3n) is 3.64. The largest absolute Gasteiger partial charge is 0.496 e. The molecule has 0 spiro atoms. The average molecular weight is 327 g/mol. The van der Waals surface area contributed by atoms with E-state index in [4.69, 9.17) is 4.74 Å². The van der Waals surface area contributed by atoms with E-state index in [0.717, 1.165) is 35.8 Å². The molecule has 1 atom stereocenters. The summed E-state index contributed by atoms with van der Waals surface area (Å²) in [7, 11) is 3.90. The first kappa shape index (κ1) is 14.8. The Labute approximate surface area is 124 Å². The molecule has 0 saturated carbocycles. The number of benzene rings is 1. The van der Waals surface area contributed by atoms with Gasteiger partial charge in [-0.3, -0.25) is 0 Å². The van der Waals surface area contributed by atoms with Gasteiger partial charge in [-0.1, -0.05) is 6.07 Å². The van der Waals surface area contributed by atoms with Gasteiger partial charge in [0.1, 0.15) is 5.75 Å². The molecule has 1 aromatic rings. The zero-order valence-electron chi connectivity index (χ0n) is 11.8. The number of nitrogens with one attached hydrogen (secondary N) is 1. The Morgan fingerprint density at radius 2 is 2.32 bits per heavy atom. The van der Waals surface area contributed by atoms with E-state index in [1.54, 1.807) is 7.11 Å². The maximum Gasteiger partial charge on any atom is 0.133 e. The van der Waals surface area contributed by atoms with E-state index in [2.05, 4.69) is 45.3 Å². The van der Waals surface area contributed by atoms with Crippen molar-refractivity contribution in [2.24, 2.45) is 5.92 Å². The van der Waals surface area contributed by atoms with Gasteiger partial charge < -0.3 is 15.0 Å². The molecule has 1 saturated heterocycles. The van der Waals surface area contributed by atoms with Gasteiger partial charge in [0, 0.05) is 13.1 Å². The molecule has 0 aromatic heterocycles. The smallest absolute Gasteiger partial charge is 0.133 e. The third-order valence-corrected chi connectivity index (χ3v) is 4.26. The van der Waals surface area contributed by atoms with E-state index in [9.17, 15) is 0 Å². The minimum Gasteiger partial charge on any atom is -0.496 e. The van der Waals surface area contributed by atoms with Gasteiger partial charge in [0.2, 0.25) is 0 Å². The number of halogens is 1. The number of nitrogens with zero attached hydrogens (tertiary/aromatic N) is 1. The van der Waals surface area contributed by atoms with Crippen LogP contribution in [0.1, 0.15) is 18.4 Å². The summed E-state index contributed by atoms with van der Waals surface area (Å²) in [6.07, 6.45) is 2.66. The van der Waals surface area contributed by atoms with Crippen molar-refractivity contribution in [3.8, 4) is 5.75 Å². The second kappa shape index (κ2) is 7.27. The molecule has 0 aliphatic carbocycles. The fraction of sp³-hybridized carbons (Fsp3) is 0.600. The fourth-order valence-electron chi connectivity index (χ4n) is 2.71. The van der Waals surface area contributed by atoms with Gasteiger partial charge in [0.05, 0.1) is 11.6 Å². The highest BCUT2D eigenvalue weighted by molar-refractivity contribution is 9.10. The minimum atomic E-state index is 0.792. The molecule has 1 aromatic carbocycles. The SMILES string of the molecule is COc1ccc(CN(C)CC2CCCNC2)cc1Br. The number of methoxy groups -OCH3 is 1. The lowest BCUT2D eigenvalue weighted by Crippen LogP contribution is -2.36. The molecule has 0 bridgehead atoms. The van der Waals surface area contributed by atoms with E-state index in [-0.39, 0.29) is 0 Å². The molecule has 4 heteroatoms. The summed E-state index contributed by atoms with van der Waals surface area (Å²) in [6.45, 7) is 4.50. The van der Waals surface area contributed by atoms with Gasteiger partial charge in [-0.15, -0.1) is 0 Å². The first-order chi connectivity index (χ1) is 9.19. The van der Waals surface area contributed by atoms with Crippen LogP contribution in [0, 0.1) is 5.92 Å². The van der Waals surface area contributed by atoms with Crippen molar-refractivity contribution in [3.05, 3.63) is 28.2 Å². The van der Waals surface area contributed by atoms with Crippen LogP contribution in [0.2, 0.25) is 0 Å². The highest BCUT2D eigenvalue weighted by Gasteiger charge is 2.15. The van der Waals surface area contributed by atoms with E-state index in [0.29, 0.717) is 0 Å². The van der Waals surface area contributed by atoms with Crippen LogP contribution in [-0.2, 0) is 6.54 Å². The first-order valence-electron chi connectivity index (χ1n) is 6.90. The summed E-state index contributed by atoms with van der Waals surface area (Å²) in [6, 6.07) is 6.31. The highest BCUT2D eigenvalue weighted by atomic mass is 79.9. The second-order valence-corrected chi connectivity index (χ2v) is 6.23. The molecule has 2 rings (SSSR count). The summed E-state index contributed by atoms with van der Waals surface area (Å²) in [5.41, 5.74) is 1.32. The molecule has 1 aliphatic heterocycles. The van der Waals surface area contributed by atoms with Crippen LogP contribution >= 0.6 is 15.9 Å². The maximum absolute atomic E-state index is 5.26. The van der Waals surface area contributed by atoms with Crippen molar-refractivity contribution in [1.82, 2.24) is 10.2 Å². The lowest BCUT2D eigenvalue weighted by Gasteiger charge is -2.27. The molecule has 1 fully saturated rings. The van der Waals surface area contributed by atoms with E-state index in [1.165, 1.54) is 24.9 Å². The van der Waals surface area contributed by atoms with Gasteiger partial charge in [-0.2, -0.15) is 0 Å². The Bertz CT molecular complexity index is 405. The molecule has 19 heavy (non-hydrogen) atoms. The Balaban J connectivity index is 1.87. The standard InChI is InChI=1S/C15H23BrN2O/c1-18(11-13-4-3-7-17-9-13)10-12-5-6-15(19-2)14(16)8-12/h5-6,8,13,17H,3-4,7,9-11H2,1-2H3. The summed E-state index contributed by atoms with van der Waals surface area (Å²) in [5.74, 6) is 1.68. The van der Waals surface area contributed by atoms with Crippen molar-refractivity contribution in [1.29, 1.82) is 0 Å². The summed E-state index contributed by atoms with van der Waals surface area (Å²) >= 11 is 3.54. The Kier molecular flexibility index (Phi) is 5.67. The molecule has 3 nitrogen and oxygen atoms in total. The molecule has 0 radical (unpaired) electrons. The second-order valence-electron chi connectivity index (χ2n) is 5.38. The average Bonchev–Trinajstić information content (AvgIpc) is 2.40. The third kappa shape index (κ3) is 4.48. The van der Waals surface area contributed by atoms with E-state index >= 15 is 0 Å². The number of hydrogen-bond acceptors (Lipinski definition) is 3. The van der Waals surface area contributed by atoms with Crippen molar-refractivity contribution in [3.63, 3.8) is 0 Å². The predicted molar refractivity (Wildman–Crippen MR) is 82.6 cm³/mol. The lowest BCUT2D eigenvalue weighted by molar-refractivity contribution is 0.237. The van der Waals surface area contributed by atoms with Crippen molar-refractivity contribution in [2.75, 3.05) is 33.8 Å². The zero-order chi connectivity index (χ0) is 13.7. The van der Waals surface area contributed by atoms with Crippen LogP contribution in [-0.4, -0.2) is 38.7 Å². The highest BCUT2D eigenvalue weighted by Crippen LogP contribution is 2.26. The summed E-state index contributed by atoms with van der Waals surface area (Å²) < 4.78 is 6.29. The van der Waals surface area contributed by atoms with Crippen LogP contribution in [0.25, 0.3) is 0 Å². The Morgan fingerprint density at radius 3 is 2.95 bits per heavy atom. The predicted octanol–water partition coefficient (Wildman–Crippen LogP) is 2.89. The molecule has 106 valence electrons. The van der Waals surface area contributed by atoms with Crippen molar-refractivity contribution >= 4 is 15.9 Å². The fourth-order valence-corrected chi connectivity index (χ4v) is 3.29. The summed E-state index contributed by atoms with van der Waals surface area (Å²) in [5, 5.41) is 3.48. The molecular weight excluding hydrogens is 304 g/mol. The minimum absolute atomic E-state index is 0.792. The molecule has 1 aliphatic rings. The quantitative estimate of drug-likeness (QED) is 0.900. The Hall–Kier alpha value is -0.580. The van der Waals surface area contributed by atoms with Crippen LogP contribution in [0.15, 0.2) is 22.7 Å². The van der Waals surface area contributed by atoms with Crippen molar-refractivity contribution < 1.29 is 4.74 Å². The van der Waals surface area contributed by atoms with Crippen LogP contribution in [0.3, 0.4) is 0 Å². The van der Waals surface area contributed by atoms with Crippen LogP contribution < -0.4 is 10.1 Å². The number of rotatable bonds is 5. The number of ether oxygens (including phenoxy) is 1. The van der Waals surface area contributed by atoms with Crippen molar-refractivity contribution in [2.45, 2.75) is 19.4 Å². The van der Waals surface area contributed by atoms with Gasteiger partial charge >= 0.3 is 0 Å². The van der Waals surface area contributed by atoms with Crippen LogP contribution in [0.4, 0.5) is 0 Å². The zero-order valence-corrected chi connectivity index (χ0v) is 13.4. The van der Waals surface area contributed by atoms with Gasteiger partial charge in [0.25, 0.3) is 0 Å². The molecular formula is C15H23BrN2O.